The average Bonchev–Trinajstić information content (AvgIpc) is 2.77. The van der Waals surface area contributed by atoms with Crippen molar-refractivity contribution in [1.29, 1.82) is 0 Å². The smallest absolute Gasteiger partial charge is 0.266 e. The molecule has 0 saturated carbocycles. The number of amides is 1. The van der Waals surface area contributed by atoms with Crippen LogP contribution in [0.25, 0.3) is 0 Å². The van der Waals surface area contributed by atoms with Gasteiger partial charge < -0.3 is 10.2 Å². The molecule has 0 aliphatic heterocycles. The van der Waals surface area contributed by atoms with E-state index < -0.39 is 0 Å². The van der Waals surface area contributed by atoms with Crippen molar-refractivity contribution in [2.45, 2.75) is 13.8 Å². The Labute approximate surface area is 117 Å². The van der Waals surface area contributed by atoms with Crippen LogP contribution < -0.4 is 10.2 Å². The fraction of sp³-hybridized carbons (Fsp3) is 0.267. The first-order chi connectivity index (χ1) is 8.99. The molecule has 1 aromatic heterocycles. The maximum Gasteiger partial charge on any atom is 0.266 e. The Balaban J connectivity index is 2.20. The molecule has 0 aliphatic carbocycles. The predicted molar refractivity (Wildman–Crippen MR) is 82.5 cm³/mol. The van der Waals surface area contributed by atoms with Gasteiger partial charge in [0.2, 0.25) is 0 Å². The molecule has 1 amide bonds. The standard InChI is InChI=1S/C15H18N2OS/c1-10-7-8-19-14(10)15(18)16-13-6-5-12(17(3)4)9-11(13)2/h5-9H,1-4H3,(H,16,18). The van der Waals surface area contributed by atoms with E-state index in [2.05, 4.69) is 11.4 Å². The van der Waals surface area contributed by atoms with Crippen molar-refractivity contribution in [3.8, 4) is 0 Å². The summed E-state index contributed by atoms with van der Waals surface area (Å²) in [5.41, 5.74) is 4.07. The van der Waals surface area contributed by atoms with E-state index in [1.165, 1.54) is 11.3 Å². The fourth-order valence-corrected chi connectivity index (χ4v) is 2.67. The normalized spacial score (nSPS) is 10.3. The van der Waals surface area contributed by atoms with Crippen LogP contribution >= 0.6 is 11.3 Å². The zero-order valence-corrected chi connectivity index (χ0v) is 12.5. The van der Waals surface area contributed by atoms with Crippen molar-refractivity contribution in [3.63, 3.8) is 0 Å². The Morgan fingerprint density at radius 1 is 1.16 bits per heavy atom. The lowest BCUT2D eigenvalue weighted by molar-refractivity contribution is 0.103. The molecule has 0 bridgehead atoms. The molecule has 0 saturated heterocycles. The largest absolute Gasteiger partial charge is 0.378 e. The number of hydrogen-bond donors (Lipinski definition) is 1. The van der Waals surface area contributed by atoms with Crippen molar-refractivity contribution >= 4 is 28.6 Å². The lowest BCUT2D eigenvalue weighted by Gasteiger charge is -2.15. The first kappa shape index (κ1) is 13.6. The molecule has 0 fully saturated rings. The molecule has 19 heavy (non-hydrogen) atoms. The van der Waals surface area contributed by atoms with Crippen LogP contribution in [0.15, 0.2) is 29.6 Å². The molecule has 0 atom stereocenters. The minimum atomic E-state index is -0.0341. The number of nitrogens with zero attached hydrogens (tertiary/aromatic N) is 1. The topological polar surface area (TPSA) is 32.3 Å². The third kappa shape index (κ3) is 2.96. The molecule has 0 spiro atoms. The quantitative estimate of drug-likeness (QED) is 0.926. The van der Waals surface area contributed by atoms with E-state index in [-0.39, 0.29) is 5.91 Å². The summed E-state index contributed by atoms with van der Waals surface area (Å²) in [6.45, 7) is 3.96. The molecule has 0 aliphatic rings. The molecule has 100 valence electrons. The second-order valence-corrected chi connectivity index (χ2v) is 5.70. The number of nitrogens with one attached hydrogen (secondary N) is 1. The van der Waals surface area contributed by atoms with Crippen LogP contribution in [-0.2, 0) is 0 Å². The van der Waals surface area contributed by atoms with Crippen LogP contribution in [0.3, 0.4) is 0 Å². The van der Waals surface area contributed by atoms with Crippen molar-refractivity contribution in [1.82, 2.24) is 0 Å². The minimum Gasteiger partial charge on any atom is -0.378 e. The number of rotatable bonds is 3. The highest BCUT2D eigenvalue weighted by atomic mass is 32.1. The highest BCUT2D eigenvalue weighted by molar-refractivity contribution is 7.12. The lowest BCUT2D eigenvalue weighted by Crippen LogP contribution is -2.13. The maximum atomic E-state index is 12.2. The van der Waals surface area contributed by atoms with E-state index in [1.807, 2.05) is 56.4 Å². The van der Waals surface area contributed by atoms with Crippen molar-refractivity contribution in [3.05, 3.63) is 45.6 Å². The molecular formula is C15H18N2OS. The van der Waals surface area contributed by atoms with Gasteiger partial charge in [0, 0.05) is 25.5 Å². The van der Waals surface area contributed by atoms with Crippen LogP contribution in [0, 0.1) is 13.8 Å². The number of carbonyl (C=O) groups is 1. The van der Waals surface area contributed by atoms with Gasteiger partial charge in [-0.2, -0.15) is 0 Å². The SMILES string of the molecule is Cc1cc(N(C)C)ccc1NC(=O)c1sccc1C. The number of thiophene rings is 1. The van der Waals surface area contributed by atoms with Gasteiger partial charge >= 0.3 is 0 Å². The van der Waals surface area contributed by atoms with Gasteiger partial charge in [0.15, 0.2) is 0 Å². The first-order valence-corrected chi connectivity index (χ1v) is 7.00. The van der Waals surface area contributed by atoms with Crippen LogP contribution in [-0.4, -0.2) is 20.0 Å². The maximum absolute atomic E-state index is 12.2. The molecule has 1 aromatic carbocycles. The van der Waals surface area contributed by atoms with Crippen LogP contribution in [0.5, 0.6) is 0 Å². The highest BCUT2D eigenvalue weighted by Crippen LogP contribution is 2.23. The van der Waals surface area contributed by atoms with E-state index >= 15 is 0 Å². The Hall–Kier alpha value is -1.81. The number of anilines is 2. The predicted octanol–water partition coefficient (Wildman–Crippen LogP) is 3.68. The van der Waals surface area contributed by atoms with E-state index in [4.69, 9.17) is 0 Å². The summed E-state index contributed by atoms with van der Waals surface area (Å²) in [5.74, 6) is -0.0341. The fourth-order valence-electron chi connectivity index (χ4n) is 1.85. The van der Waals surface area contributed by atoms with Crippen LogP contribution in [0.4, 0.5) is 11.4 Å². The Morgan fingerprint density at radius 2 is 1.89 bits per heavy atom. The summed E-state index contributed by atoms with van der Waals surface area (Å²) in [6, 6.07) is 7.98. The Morgan fingerprint density at radius 3 is 2.42 bits per heavy atom. The van der Waals surface area contributed by atoms with E-state index in [1.54, 1.807) is 0 Å². The van der Waals surface area contributed by atoms with Gasteiger partial charge in [-0.15, -0.1) is 11.3 Å². The third-order valence-corrected chi connectivity index (χ3v) is 4.06. The summed E-state index contributed by atoms with van der Waals surface area (Å²) in [5, 5.41) is 4.91. The van der Waals surface area contributed by atoms with Crippen molar-refractivity contribution in [2.24, 2.45) is 0 Å². The molecule has 2 aromatic rings. The molecule has 0 radical (unpaired) electrons. The summed E-state index contributed by atoms with van der Waals surface area (Å²) in [4.78, 5) is 15.0. The van der Waals surface area contributed by atoms with Gasteiger partial charge in [0.05, 0.1) is 4.88 Å². The molecule has 2 rings (SSSR count). The second kappa shape index (κ2) is 5.45. The number of aryl methyl sites for hydroxylation is 2. The van der Waals surface area contributed by atoms with Crippen LogP contribution in [0.2, 0.25) is 0 Å². The summed E-state index contributed by atoms with van der Waals surface area (Å²) in [6.07, 6.45) is 0. The summed E-state index contributed by atoms with van der Waals surface area (Å²) < 4.78 is 0. The minimum absolute atomic E-state index is 0.0341. The van der Waals surface area contributed by atoms with Crippen molar-refractivity contribution in [2.75, 3.05) is 24.3 Å². The second-order valence-electron chi connectivity index (χ2n) is 4.78. The highest BCUT2D eigenvalue weighted by Gasteiger charge is 2.12. The number of hydrogen-bond acceptors (Lipinski definition) is 3. The van der Waals surface area contributed by atoms with Gasteiger partial charge in [-0.25, -0.2) is 0 Å². The monoisotopic (exact) mass is 274 g/mol. The Kier molecular flexibility index (Phi) is 3.90. The van der Waals surface area contributed by atoms with Gasteiger partial charge in [0.25, 0.3) is 5.91 Å². The summed E-state index contributed by atoms with van der Waals surface area (Å²) >= 11 is 1.47. The lowest BCUT2D eigenvalue weighted by atomic mass is 10.1. The van der Waals surface area contributed by atoms with E-state index in [0.29, 0.717) is 0 Å². The zero-order valence-electron chi connectivity index (χ0n) is 11.7. The third-order valence-electron chi connectivity index (χ3n) is 3.04. The first-order valence-electron chi connectivity index (χ1n) is 6.12. The molecule has 1 heterocycles. The van der Waals surface area contributed by atoms with Gasteiger partial charge in [0.1, 0.15) is 0 Å². The number of benzene rings is 1. The van der Waals surface area contributed by atoms with Crippen LogP contribution in [0.1, 0.15) is 20.8 Å². The Bertz CT molecular complexity index is 602. The average molecular weight is 274 g/mol. The van der Waals surface area contributed by atoms with Crippen molar-refractivity contribution < 1.29 is 4.79 Å². The van der Waals surface area contributed by atoms with Gasteiger partial charge in [-0.3, -0.25) is 4.79 Å². The molecule has 4 heteroatoms. The number of carbonyl (C=O) groups excluding carboxylic acids is 1. The molecule has 0 unspecified atom stereocenters. The van der Waals surface area contributed by atoms with Gasteiger partial charge in [-0.05, 0) is 54.6 Å². The molecular weight excluding hydrogens is 256 g/mol. The zero-order chi connectivity index (χ0) is 14.0. The molecule has 3 nitrogen and oxygen atoms in total. The molecule has 1 N–H and O–H groups in total. The van der Waals surface area contributed by atoms with Gasteiger partial charge in [-0.1, -0.05) is 0 Å². The van der Waals surface area contributed by atoms with E-state index in [9.17, 15) is 4.79 Å². The summed E-state index contributed by atoms with van der Waals surface area (Å²) in [7, 11) is 4.00. The van der Waals surface area contributed by atoms with E-state index in [0.717, 1.165) is 27.4 Å².